The normalized spacial score (nSPS) is 11.7. The van der Waals surface area contributed by atoms with Crippen LogP contribution in [0.4, 0.5) is 0 Å². The van der Waals surface area contributed by atoms with Gasteiger partial charge in [0.2, 0.25) is 0 Å². The molecule has 0 aliphatic heterocycles. The van der Waals surface area contributed by atoms with Crippen molar-refractivity contribution in [3.63, 3.8) is 0 Å². The number of rotatable bonds is 50. The number of carbonyl (C=O) groups excluding carboxylic acids is 3. The minimum Gasteiger partial charge on any atom is -0.466 e. The van der Waals surface area contributed by atoms with Gasteiger partial charge in [-0.2, -0.15) is 0 Å². The van der Waals surface area contributed by atoms with E-state index in [9.17, 15) is 19.5 Å². The summed E-state index contributed by atoms with van der Waals surface area (Å²) < 4.78 is 17.4. The first-order valence-electron chi connectivity index (χ1n) is 27.7. The summed E-state index contributed by atoms with van der Waals surface area (Å²) in [5.74, 6) is 1.26. The lowest BCUT2D eigenvalue weighted by molar-refractivity contribution is -0.150. The van der Waals surface area contributed by atoms with Crippen molar-refractivity contribution in [2.45, 2.75) is 285 Å². The Kier molecular flexibility index (Phi) is 47.0. The number of aliphatic hydroxyl groups is 1. The molecule has 0 radical (unpaired) electrons. The zero-order valence-corrected chi connectivity index (χ0v) is 42.7. The van der Waals surface area contributed by atoms with Crippen LogP contribution >= 0.6 is 0 Å². The Labute approximate surface area is 391 Å². The molecule has 0 amide bonds. The van der Waals surface area contributed by atoms with E-state index in [0.29, 0.717) is 50.9 Å². The highest BCUT2D eigenvalue weighted by molar-refractivity contribution is 5.70. The Morgan fingerprint density at radius 3 is 1.11 bits per heavy atom. The number of unbranched alkanes of at least 4 members (excludes halogenated alkanes) is 20. The molecule has 374 valence electrons. The van der Waals surface area contributed by atoms with E-state index >= 15 is 0 Å². The molecule has 1 N–H and O–H groups in total. The van der Waals surface area contributed by atoms with E-state index in [-0.39, 0.29) is 30.6 Å². The van der Waals surface area contributed by atoms with Crippen LogP contribution < -0.4 is 0 Å². The van der Waals surface area contributed by atoms with Gasteiger partial charge in [0.25, 0.3) is 0 Å². The fourth-order valence-corrected chi connectivity index (χ4v) is 9.00. The average Bonchev–Trinajstić information content (AvgIpc) is 3.27. The van der Waals surface area contributed by atoms with Gasteiger partial charge in [-0.15, -0.1) is 0 Å². The van der Waals surface area contributed by atoms with Gasteiger partial charge in [0, 0.05) is 25.8 Å². The smallest absolute Gasteiger partial charge is 0.306 e. The molecule has 0 aromatic heterocycles. The molecule has 0 spiro atoms. The second-order valence-corrected chi connectivity index (χ2v) is 19.1. The monoisotopic (exact) mass is 894 g/mol. The maximum atomic E-state index is 12.9. The Balaban J connectivity index is 4.38. The lowest BCUT2D eigenvalue weighted by Gasteiger charge is -2.20. The van der Waals surface area contributed by atoms with Crippen molar-refractivity contribution < 1.29 is 33.7 Å². The molecular formula is C55H107NO7. The van der Waals surface area contributed by atoms with Crippen LogP contribution in [0.25, 0.3) is 0 Å². The van der Waals surface area contributed by atoms with Gasteiger partial charge in [-0.05, 0) is 82.7 Å². The van der Waals surface area contributed by atoms with E-state index in [1.54, 1.807) is 0 Å². The number of esters is 3. The molecule has 0 aliphatic rings. The first kappa shape index (κ1) is 61.3. The molecule has 0 aromatic rings. The SMILES string of the molecule is CCCCCC(CCCCC)CCOC(=O)CCCCCCCCCC(CCCCCCCCCC(=O)OCCC(CCCCC)CCCCC)OC(=O)CCCN(CC)CCO. The third kappa shape index (κ3) is 42.7. The number of ether oxygens (including phenoxy) is 3. The minimum atomic E-state index is -0.0883. The summed E-state index contributed by atoms with van der Waals surface area (Å²) in [6, 6.07) is 0. The van der Waals surface area contributed by atoms with Crippen molar-refractivity contribution in [2.75, 3.05) is 39.5 Å². The third-order valence-corrected chi connectivity index (χ3v) is 13.3. The number of aliphatic hydroxyl groups excluding tert-OH is 1. The quantitative estimate of drug-likeness (QED) is 0.0366. The highest BCUT2D eigenvalue weighted by Gasteiger charge is 2.16. The fraction of sp³-hybridized carbons (Fsp3) is 0.945. The molecule has 8 nitrogen and oxygen atoms in total. The second-order valence-electron chi connectivity index (χ2n) is 19.1. The molecular weight excluding hydrogens is 787 g/mol. The lowest BCUT2D eigenvalue weighted by Crippen LogP contribution is -2.28. The molecule has 8 heteroatoms. The Bertz CT molecular complexity index is 912. The molecule has 63 heavy (non-hydrogen) atoms. The maximum absolute atomic E-state index is 12.9. The van der Waals surface area contributed by atoms with Crippen LogP contribution in [-0.4, -0.2) is 73.5 Å². The van der Waals surface area contributed by atoms with Crippen LogP contribution in [0, 0.1) is 11.8 Å². The van der Waals surface area contributed by atoms with Gasteiger partial charge in [0.05, 0.1) is 19.8 Å². The van der Waals surface area contributed by atoms with Gasteiger partial charge in [-0.3, -0.25) is 14.4 Å². The molecule has 0 aromatic carbocycles. The van der Waals surface area contributed by atoms with E-state index in [4.69, 9.17) is 14.2 Å². The molecule has 0 aliphatic carbocycles. The molecule has 0 bridgehead atoms. The zero-order chi connectivity index (χ0) is 46.3. The Hall–Kier alpha value is -1.67. The number of hydrogen-bond donors (Lipinski definition) is 1. The minimum absolute atomic E-state index is 0.0137. The number of nitrogens with zero attached hydrogens (tertiary/aromatic N) is 1. The summed E-state index contributed by atoms with van der Waals surface area (Å²) >= 11 is 0. The van der Waals surface area contributed by atoms with Crippen LogP contribution in [0.1, 0.15) is 279 Å². The predicted octanol–water partition coefficient (Wildman–Crippen LogP) is 15.4. The third-order valence-electron chi connectivity index (χ3n) is 13.3. The van der Waals surface area contributed by atoms with E-state index in [2.05, 4.69) is 39.5 Å². The van der Waals surface area contributed by atoms with Crippen LogP contribution in [0.15, 0.2) is 0 Å². The van der Waals surface area contributed by atoms with Crippen molar-refractivity contribution >= 4 is 17.9 Å². The van der Waals surface area contributed by atoms with Gasteiger partial charge in [-0.1, -0.05) is 202 Å². The molecule has 0 saturated carbocycles. The highest BCUT2D eigenvalue weighted by Crippen LogP contribution is 2.23. The summed E-state index contributed by atoms with van der Waals surface area (Å²) in [5.41, 5.74) is 0. The topological polar surface area (TPSA) is 102 Å². The first-order valence-corrected chi connectivity index (χ1v) is 27.7. The van der Waals surface area contributed by atoms with Gasteiger partial charge in [0.1, 0.15) is 6.10 Å². The molecule has 0 heterocycles. The van der Waals surface area contributed by atoms with Crippen LogP contribution in [-0.2, 0) is 28.6 Å². The molecule has 0 rings (SSSR count). The van der Waals surface area contributed by atoms with Crippen molar-refractivity contribution in [2.24, 2.45) is 11.8 Å². The van der Waals surface area contributed by atoms with Gasteiger partial charge in [0.15, 0.2) is 0 Å². The summed E-state index contributed by atoms with van der Waals surface area (Å²) in [4.78, 5) is 39.8. The van der Waals surface area contributed by atoms with Gasteiger partial charge in [-0.25, -0.2) is 0 Å². The first-order chi connectivity index (χ1) is 30.8. The predicted molar refractivity (Wildman–Crippen MR) is 266 cm³/mol. The zero-order valence-electron chi connectivity index (χ0n) is 42.7. The summed E-state index contributed by atoms with van der Waals surface area (Å²) in [7, 11) is 0. The van der Waals surface area contributed by atoms with Crippen molar-refractivity contribution in [3.8, 4) is 0 Å². The van der Waals surface area contributed by atoms with Crippen molar-refractivity contribution in [3.05, 3.63) is 0 Å². The summed E-state index contributed by atoms with van der Waals surface area (Å²) in [6.07, 6.45) is 42.1. The number of carbonyl (C=O) groups is 3. The molecule has 0 saturated heterocycles. The molecule has 0 atom stereocenters. The van der Waals surface area contributed by atoms with E-state index < -0.39 is 0 Å². The van der Waals surface area contributed by atoms with Crippen molar-refractivity contribution in [1.29, 1.82) is 0 Å². The van der Waals surface area contributed by atoms with Crippen LogP contribution in [0.3, 0.4) is 0 Å². The van der Waals surface area contributed by atoms with E-state index in [1.807, 2.05) is 0 Å². The lowest BCUT2D eigenvalue weighted by atomic mass is 9.92. The Morgan fingerprint density at radius 2 is 0.746 bits per heavy atom. The van der Waals surface area contributed by atoms with Crippen LogP contribution in [0.2, 0.25) is 0 Å². The Morgan fingerprint density at radius 1 is 0.397 bits per heavy atom. The largest absolute Gasteiger partial charge is 0.466 e. The molecule has 0 unspecified atom stereocenters. The van der Waals surface area contributed by atoms with E-state index in [0.717, 1.165) is 109 Å². The highest BCUT2D eigenvalue weighted by atomic mass is 16.5. The van der Waals surface area contributed by atoms with Crippen LogP contribution in [0.5, 0.6) is 0 Å². The summed E-state index contributed by atoms with van der Waals surface area (Å²) in [6.45, 7) is 14.7. The molecule has 0 fully saturated rings. The standard InChI is InChI=1S/C55H107NO7/c1-6-11-25-34-50(35-26-12-7-2)43-48-61-53(58)40-31-23-19-15-17-21-29-38-52(63-55(60)42-33-45-56(10-5)46-47-57)39-30-22-18-16-20-24-32-41-54(59)62-49-44-51(36-27-13-8-3)37-28-14-9-4/h50-52,57H,6-49H2,1-5H3. The van der Waals surface area contributed by atoms with Gasteiger partial charge >= 0.3 is 17.9 Å². The number of likely N-dealkylation sites (N-methyl/N-ethyl adjacent to an activating group) is 1. The van der Waals surface area contributed by atoms with Crippen molar-refractivity contribution in [1.82, 2.24) is 4.90 Å². The second kappa shape index (κ2) is 48.3. The van der Waals surface area contributed by atoms with E-state index in [1.165, 1.54) is 128 Å². The fourth-order valence-electron chi connectivity index (χ4n) is 9.00. The van der Waals surface area contributed by atoms with Gasteiger partial charge < -0.3 is 24.2 Å². The summed E-state index contributed by atoms with van der Waals surface area (Å²) in [5, 5.41) is 9.29. The average molecular weight is 894 g/mol. The maximum Gasteiger partial charge on any atom is 0.306 e. The number of hydrogen-bond acceptors (Lipinski definition) is 8.